The normalized spacial score (nSPS) is 10.0. The quantitative estimate of drug-likeness (QED) is 0.304. The molecule has 1 rings (SSSR count). The maximum Gasteiger partial charge on any atom is 0.351 e. The average Bonchev–Trinajstić information content (AvgIpc) is 2.49. The van der Waals surface area contributed by atoms with E-state index in [9.17, 15) is 14.4 Å². The summed E-state index contributed by atoms with van der Waals surface area (Å²) in [7, 11) is 0. The highest BCUT2D eigenvalue weighted by Gasteiger charge is 2.14. The lowest BCUT2D eigenvalue weighted by molar-refractivity contribution is -0.161. The van der Waals surface area contributed by atoms with Crippen LogP contribution in [0.3, 0.4) is 0 Å². The molecule has 0 bridgehead atoms. The summed E-state index contributed by atoms with van der Waals surface area (Å²) in [6.07, 6.45) is -0.279. The third-order valence-electron chi connectivity index (χ3n) is 2.44. The van der Waals surface area contributed by atoms with Gasteiger partial charge in [0.15, 0.2) is 6.61 Å². The smallest absolute Gasteiger partial charge is 0.351 e. The number of benzene rings is 1. The molecule has 0 unspecified atom stereocenters. The Hall–Kier alpha value is -1.76. The van der Waals surface area contributed by atoms with Crippen LogP contribution >= 0.6 is 34.8 Å². The van der Waals surface area contributed by atoms with Crippen LogP contribution in [-0.4, -0.2) is 31.1 Å². The van der Waals surface area contributed by atoms with Gasteiger partial charge in [-0.25, -0.2) is 9.59 Å². The molecule has 9 heteroatoms. The van der Waals surface area contributed by atoms with Gasteiger partial charge in [-0.1, -0.05) is 41.4 Å². The average molecular weight is 396 g/mol. The Morgan fingerprint density at radius 2 is 1.67 bits per heavy atom. The second kappa shape index (κ2) is 9.52. The van der Waals surface area contributed by atoms with Crippen molar-refractivity contribution in [2.75, 3.05) is 13.2 Å². The molecule has 0 amide bonds. The van der Waals surface area contributed by atoms with Crippen LogP contribution in [-0.2, 0) is 23.9 Å². The van der Waals surface area contributed by atoms with Crippen molar-refractivity contribution >= 4 is 52.7 Å². The van der Waals surface area contributed by atoms with Crippen molar-refractivity contribution in [3.05, 3.63) is 39.4 Å². The topological polar surface area (TPSA) is 78.9 Å². The van der Waals surface area contributed by atoms with E-state index in [-0.39, 0.29) is 39.4 Å². The summed E-state index contributed by atoms with van der Waals surface area (Å²) in [5.41, 5.74) is 0.200. The molecule has 0 aliphatic rings. The molecular formula is C15H13Cl3O6. The molecule has 1 aromatic rings. The van der Waals surface area contributed by atoms with Crippen LogP contribution < -0.4 is 4.74 Å². The minimum atomic E-state index is -0.937. The zero-order chi connectivity index (χ0) is 18.3. The monoisotopic (exact) mass is 394 g/mol. The summed E-state index contributed by atoms with van der Waals surface area (Å²) >= 11 is 17.4. The SMILES string of the molecule is C=C(C)C(=O)OCCC(=O)OC(=O)COc1cc(Cl)c(Cl)cc1Cl. The molecule has 1 aromatic carbocycles. The fourth-order valence-corrected chi connectivity index (χ4v) is 1.90. The molecule has 0 fully saturated rings. The molecule has 0 saturated heterocycles. The van der Waals surface area contributed by atoms with Gasteiger partial charge >= 0.3 is 17.9 Å². The van der Waals surface area contributed by atoms with Crippen molar-refractivity contribution in [2.24, 2.45) is 0 Å². The molecular weight excluding hydrogens is 383 g/mol. The van der Waals surface area contributed by atoms with E-state index in [0.717, 1.165) is 0 Å². The summed E-state index contributed by atoms with van der Waals surface area (Å²) in [5, 5.41) is 0.575. The van der Waals surface area contributed by atoms with Gasteiger partial charge in [-0.05, 0) is 13.0 Å². The number of carbonyl (C=O) groups is 3. The molecule has 0 N–H and O–H groups in total. The van der Waals surface area contributed by atoms with Crippen LogP contribution in [0.15, 0.2) is 24.3 Å². The van der Waals surface area contributed by atoms with Gasteiger partial charge < -0.3 is 14.2 Å². The molecule has 0 spiro atoms. The summed E-state index contributed by atoms with van der Waals surface area (Å²) in [4.78, 5) is 34.0. The zero-order valence-electron chi connectivity index (χ0n) is 12.6. The summed E-state index contributed by atoms with van der Waals surface area (Å²) < 4.78 is 14.3. The van der Waals surface area contributed by atoms with Crippen molar-refractivity contribution in [1.29, 1.82) is 0 Å². The zero-order valence-corrected chi connectivity index (χ0v) is 14.8. The van der Waals surface area contributed by atoms with Gasteiger partial charge in [0.1, 0.15) is 12.4 Å². The first-order valence-electron chi connectivity index (χ1n) is 6.54. The lowest BCUT2D eigenvalue weighted by Gasteiger charge is -2.09. The van der Waals surface area contributed by atoms with Crippen LogP contribution in [0.4, 0.5) is 0 Å². The van der Waals surface area contributed by atoms with Crippen LogP contribution in [0.25, 0.3) is 0 Å². The minimum absolute atomic E-state index is 0.117. The van der Waals surface area contributed by atoms with E-state index < -0.39 is 24.5 Å². The second-order valence-corrected chi connectivity index (χ2v) is 5.72. The molecule has 24 heavy (non-hydrogen) atoms. The second-order valence-electron chi connectivity index (χ2n) is 4.50. The molecule has 0 atom stereocenters. The fourth-order valence-electron chi connectivity index (χ4n) is 1.31. The third kappa shape index (κ3) is 6.78. The van der Waals surface area contributed by atoms with E-state index in [1.54, 1.807) is 0 Å². The van der Waals surface area contributed by atoms with Crippen LogP contribution in [0.2, 0.25) is 15.1 Å². The van der Waals surface area contributed by atoms with E-state index in [1.807, 2.05) is 0 Å². The van der Waals surface area contributed by atoms with Gasteiger partial charge in [0, 0.05) is 11.6 Å². The Morgan fingerprint density at radius 1 is 1.04 bits per heavy atom. The summed E-state index contributed by atoms with van der Waals surface area (Å²) in [6, 6.07) is 2.69. The highest BCUT2D eigenvalue weighted by Crippen LogP contribution is 2.33. The molecule has 0 saturated carbocycles. The number of hydrogen-bond donors (Lipinski definition) is 0. The lowest BCUT2D eigenvalue weighted by Crippen LogP contribution is -2.20. The maximum atomic E-state index is 11.5. The lowest BCUT2D eigenvalue weighted by atomic mass is 10.3. The van der Waals surface area contributed by atoms with Gasteiger partial charge in [-0.15, -0.1) is 0 Å². The number of carbonyl (C=O) groups excluding carboxylic acids is 3. The third-order valence-corrected chi connectivity index (χ3v) is 3.45. The van der Waals surface area contributed by atoms with Crippen LogP contribution in [0.1, 0.15) is 13.3 Å². The van der Waals surface area contributed by atoms with Crippen molar-refractivity contribution in [3.63, 3.8) is 0 Å². The number of hydrogen-bond acceptors (Lipinski definition) is 6. The van der Waals surface area contributed by atoms with Gasteiger partial charge in [0.2, 0.25) is 0 Å². The molecule has 0 aromatic heterocycles. The summed E-state index contributed by atoms with van der Waals surface area (Å²) in [5.74, 6) is -2.32. The van der Waals surface area contributed by atoms with Gasteiger partial charge in [-0.3, -0.25) is 4.79 Å². The van der Waals surface area contributed by atoms with E-state index in [2.05, 4.69) is 11.3 Å². The minimum Gasteiger partial charge on any atom is -0.480 e. The van der Waals surface area contributed by atoms with Crippen LogP contribution in [0.5, 0.6) is 5.75 Å². The van der Waals surface area contributed by atoms with E-state index >= 15 is 0 Å². The number of halogens is 3. The molecule has 130 valence electrons. The highest BCUT2D eigenvalue weighted by molar-refractivity contribution is 6.43. The van der Waals surface area contributed by atoms with Gasteiger partial charge in [0.25, 0.3) is 0 Å². The largest absolute Gasteiger partial charge is 0.480 e. The number of ether oxygens (including phenoxy) is 3. The van der Waals surface area contributed by atoms with Crippen LogP contribution in [0, 0.1) is 0 Å². The Bertz CT molecular complexity index is 671. The molecule has 0 aliphatic heterocycles. The van der Waals surface area contributed by atoms with E-state index in [0.29, 0.717) is 0 Å². The summed E-state index contributed by atoms with van der Waals surface area (Å²) in [6.45, 7) is 4.07. The molecule has 0 aliphatic carbocycles. The predicted molar refractivity (Wildman–Crippen MR) is 88.5 cm³/mol. The first-order chi connectivity index (χ1) is 11.2. The molecule has 6 nitrogen and oxygen atoms in total. The highest BCUT2D eigenvalue weighted by atomic mass is 35.5. The van der Waals surface area contributed by atoms with E-state index in [4.69, 9.17) is 44.3 Å². The number of rotatable bonds is 7. The maximum absolute atomic E-state index is 11.5. The first-order valence-corrected chi connectivity index (χ1v) is 7.67. The fraction of sp³-hybridized carbons (Fsp3) is 0.267. The predicted octanol–water partition coefficient (Wildman–Crippen LogP) is 3.60. The van der Waals surface area contributed by atoms with Crippen molar-refractivity contribution in [3.8, 4) is 5.75 Å². The Morgan fingerprint density at radius 3 is 2.29 bits per heavy atom. The van der Waals surface area contributed by atoms with Crippen molar-refractivity contribution < 1.29 is 28.6 Å². The molecule has 0 radical (unpaired) electrons. The first kappa shape index (κ1) is 20.3. The van der Waals surface area contributed by atoms with Crippen molar-refractivity contribution in [1.82, 2.24) is 0 Å². The van der Waals surface area contributed by atoms with Crippen molar-refractivity contribution in [2.45, 2.75) is 13.3 Å². The van der Waals surface area contributed by atoms with E-state index in [1.165, 1.54) is 19.1 Å². The molecule has 0 heterocycles. The standard InChI is InChI=1S/C15H13Cl3O6/c1-8(2)15(21)22-4-3-13(19)24-14(20)7-23-12-6-10(17)9(16)5-11(12)18/h5-6H,1,3-4,7H2,2H3. The van der Waals surface area contributed by atoms with Gasteiger partial charge in [0.05, 0.1) is 21.5 Å². The Balaban J connectivity index is 2.38. The van der Waals surface area contributed by atoms with Gasteiger partial charge in [-0.2, -0.15) is 0 Å². The number of esters is 3. The Labute approximate surface area is 153 Å². The Kier molecular flexibility index (Phi) is 8.04.